The molecule has 2 aromatic rings. The van der Waals surface area contributed by atoms with Crippen LogP contribution in [0.5, 0.6) is 0 Å². The lowest BCUT2D eigenvalue weighted by atomic mass is 9.95. The Balaban J connectivity index is 1.35. The summed E-state index contributed by atoms with van der Waals surface area (Å²) in [5, 5.41) is 0. The summed E-state index contributed by atoms with van der Waals surface area (Å²) in [6.45, 7) is 3.03. The summed E-state index contributed by atoms with van der Waals surface area (Å²) in [4.78, 5) is 16.4. The third-order valence-corrected chi connectivity index (χ3v) is 8.08. The number of amides is 1. The number of benzene rings is 2. The van der Waals surface area contributed by atoms with Gasteiger partial charge >= 0.3 is 0 Å². The van der Waals surface area contributed by atoms with Gasteiger partial charge in [-0.2, -0.15) is 4.31 Å². The number of halogens is 2. The molecule has 0 N–H and O–H groups in total. The number of rotatable bonds is 5. The first-order chi connectivity index (χ1) is 15.3. The van der Waals surface area contributed by atoms with Gasteiger partial charge in [0.1, 0.15) is 16.5 Å². The third-order valence-electron chi connectivity index (χ3n) is 6.17. The Hall–Kier alpha value is -2.36. The number of sulfonamides is 1. The molecule has 1 amide bonds. The van der Waals surface area contributed by atoms with E-state index in [1.165, 1.54) is 5.56 Å². The Morgan fingerprint density at radius 1 is 0.969 bits per heavy atom. The molecule has 6 nitrogen and oxygen atoms in total. The first-order valence-electron chi connectivity index (χ1n) is 10.8. The van der Waals surface area contributed by atoms with Gasteiger partial charge in [0.25, 0.3) is 0 Å². The highest BCUT2D eigenvalue weighted by molar-refractivity contribution is 7.89. The predicted molar refractivity (Wildman–Crippen MR) is 116 cm³/mol. The van der Waals surface area contributed by atoms with Gasteiger partial charge in [-0.05, 0) is 43.1 Å². The Bertz CT molecular complexity index is 1060. The largest absolute Gasteiger partial charge is 0.340 e. The van der Waals surface area contributed by atoms with Gasteiger partial charge in [-0.25, -0.2) is 17.2 Å². The summed E-state index contributed by atoms with van der Waals surface area (Å²) in [6.07, 6.45) is 1.76. The fraction of sp³-hybridized carbons (Fsp3) is 0.435. The third kappa shape index (κ3) is 5.00. The number of carbonyl (C=O) groups excluding carboxylic acids is 1. The minimum atomic E-state index is -4.16. The zero-order valence-electron chi connectivity index (χ0n) is 17.8. The highest BCUT2D eigenvalue weighted by Gasteiger charge is 2.35. The van der Waals surface area contributed by atoms with Crippen LogP contribution < -0.4 is 0 Å². The van der Waals surface area contributed by atoms with Crippen molar-refractivity contribution in [2.24, 2.45) is 5.92 Å². The number of likely N-dealkylation sites (tertiary alicyclic amines) is 1. The van der Waals surface area contributed by atoms with Crippen LogP contribution in [-0.4, -0.2) is 67.7 Å². The first-order valence-corrected chi connectivity index (χ1v) is 12.3. The van der Waals surface area contributed by atoms with Gasteiger partial charge < -0.3 is 4.90 Å². The summed E-state index contributed by atoms with van der Waals surface area (Å²) in [5.74, 6) is -1.87. The molecule has 0 aliphatic carbocycles. The van der Waals surface area contributed by atoms with E-state index in [-0.39, 0.29) is 38.0 Å². The second-order valence-electron chi connectivity index (χ2n) is 8.36. The number of hydrogen-bond donors (Lipinski definition) is 0. The quantitative estimate of drug-likeness (QED) is 0.684. The number of piperidine rings is 1. The van der Waals surface area contributed by atoms with E-state index in [1.54, 1.807) is 4.90 Å². The Morgan fingerprint density at radius 3 is 2.41 bits per heavy atom. The average molecular weight is 464 g/mol. The second-order valence-corrected chi connectivity index (χ2v) is 10.3. The van der Waals surface area contributed by atoms with Crippen molar-refractivity contribution in [2.75, 3.05) is 39.3 Å². The van der Waals surface area contributed by atoms with Gasteiger partial charge in [0.05, 0.1) is 5.92 Å². The van der Waals surface area contributed by atoms with E-state index in [9.17, 15) is 22.0 Å². The second kappa shape index (κ2) is 9.64. The number of hydrogen-bond acceptors (Lipinski definition) is 4. The van der Waals surface area contributed by atoms with Crippen molar-refractivity contribution >= 4 is 15.9 Å². The van der Waals surface area contributed by atoms with Crippen LogP contribution >= 0.6 is 0 Å². The van der Waals surface area contributed by atoms with Gasteiger partial charge in [0.15, 0.2) is 0 Å². The molecule has 0 aromatic heterocycles. The maximum Gasteiger partial charge on any atom is 0.246 e. The van der Waals surface area contributed by atoms with Crippen molar-refractivity contribution < 1.29 is 22.0 Å². The van der Waals surface area contributed by atoms with Crippen molar-refractivity contribution in [3.05, 3.63) is 65.7 Å². The highest BCUT2D eigenvalue weighted by atomic mass is 32.2. The van der Waals surface area contributed by atoms with Gasteiger partial charge in [-0.1, -0.05) is 30.3 Å². The molecule has 4 rings (SSSR count). The van der Waals surface area contributed by atoms with E-state index in [0.29, 0.717) is 12.6 Å². The van der Waals surface area contributed by atoms with Crippen molar-refractivity contribution in [1.82, 2.24) is 14.1 Å². The maximum atomic E-state index is 14.0. The summed E-state index contributed by atoms with van der Waals surface area (Å²) >= 11 is 0. The van der Waals surface area contributed by atoms with Crippen LogP contribution in [0.2, 0.25) is 0 Å². The lowest BCUT2D eigenvalue weighted by Gasteiger charge is -2.38. The van der Waals surface area contributed by atoms with E-state index < -0.39 is 26.6 Å². The molecule has 0 bridgehead atoms. The SMILES string of the molecule is O=C(C1CCCN(Cc2ccccc2)C1)N1CCN(S(=O)(=O)c2cc(F)ccc2F)CC1. The van der Waals surface area contributed by atoms with E-state index in [0.717, 1.165) is 42.4 Å². The summed E-state index contributed by atoms with van der Waals surface area (Å²) < 4.78 is 54.2. The molecule has 9 heteroatoms. The summed E-state index contributed by atoms with van der Waals surface area (Å²) in [7, 11) is -4.16. The predicted octanol–water partition coefficient (Wildman–Crippen LogP) is 2.71. The minimum Gasteiger partial charge on any atom is -0.340 e. The molecule has 0 spiro atoms. The van der Waals surface area contributed by atoms with Gasteiger partial charge in [0.2, 0.25) is 15.9 Å². The molecule has 2 aliphatic heterocycles. The molecule has 1 atom stereocenters. The van der Waals surface area contributed by atoms with Crippen LogP contribution in [0.3, 0.4) is 0 Å². The normalized spacial score (nSPS) is 20.9. The minimum absolute atomic E-state index is 0.0387. The van der Waals surface area contributed by atoms with Crippen molar-refractivity contribution in [1.29, 1.82) is 0 Å². The average Bonchev–Trinajstić information content (AvgIpc) is 2.81. The molecule has 2 saturated heterocycles. The van der Waals surface area contributed by atoms with Crippen LogP contribution in [0, 0.1) is 17.6 Å². The summed E-state index contributed by atoms with van der Waals surface area (Å²) in [6, 6.07) is 12.5. The molecule has 0 radical (unpaired) electrons. The van der Waals surface area contributed by atoms with Gasteiger partial charge in [-0.15, -0.1) is 0 Å². The molecule has 1 unspecified atom stereocenters. The molecule has 2 fully saturated rings. The van der Waals surface area contributed by atoms with Crippen molar-refractivity contribution in [3.8, 4) is 0 Å². The standard InChI is InChI=1S/C23H27F2N3O3S/c24-20-8-9-21(25)22(15-20)32(30,31)28-13-11-27(12-14-28)23(29)19-7-4-10-26(17-19)16-18-5-2-1-3-6-18/h1-3,5-6,8-9,15,19H,4,7,10-14,16-17H2. The lowest BCUT2D eigenvalue weighted by molar-refractivity contribution is -0.138. The van der Waals surface area contributed by atoms with Crippen LogP contribution in [0.25, 0.3) is 0 Å². The van der Waals surface area contributed by atoms with Crippen LogP contribution in [0.4, 0.5) is 8.78 Å². The zero-order valence-corrected chi connectivity index (χ0v) is 18.6. The number of piperazine rings is 1. The molecule has 32 heavy (non-hydrogen) atoms. The molecule has 2 heterocycles. The summed E-state index contributed by atoms with van der Waals surface area (Å²) in [5.41, 5.74) is 1.21. The molecule has 172 valence electrons. The fourth-order valence-electron chi connectivity index (χ4n) is 4.46. The van der Waals surface area contributed by atoms with Gasteiger partial charge in [0, 0.05) is 39.3 Å². The molecular formula is C23H27F2N3O3S. The monoisotopic (exact) mass is 463 g/mol. The smallest absolute Gasteiger partial charge is 0.246 e. The van der Waals surface area contributed by atoms with Crippen LogP contribution in [0.1, 0.15) is 18.4 Å². The van der Waals surface area contributed by atoms with E-state index >= 15 is 0 Å². The first kappa shape index (κ1) is 22.8. The molecule has 2 aliphatic rings. The van der Waals surface area contributed by atoms with Crippen molar-refractivity contribution in [2.45, 2.75) is 24.3 Å². The van der Waals surface area contributed by atoms with Crippen LogP contribution in [0.15, 0.2) is 53.4 Å². The van der Waals surface area contributed by atoms with E-state index in [4.69, 9.17) is 0 Å². The Labute approximate surface area is 187 Å². The zero-order chi connectivity index (χ0) is 22.7. The number of carbonyl (C=O) groups is 1. The lowest BCUT2D eigenvalue weighted by Crippen LogP contribution is -2.53. The highest BCUT2D eigenvalue weighted by Crippen LogP contribution is 2.24. The topological polar surface area (TPSA) is 60.9 Å². The van der Waals surface area contributed by atoms with Gasteiger partial charge in [-0.3, -0.25) is 9.69 Å². The van der Waals surface area contributed by atoms with Crippen LogP contribution in [-0.2, 0) is 21.4 Å². The maximum absolute atomic E-state index is 14.0. The van der Waals surface area contributed by atoms with E-state index in [2.05, 4.69) is 17.0 Å². The van der Waals surface area contributed by atoms with Crippen molar-refractivity contribution in [3.63, 3.8) is 0 Å². The molecule has 2 aromatic carbocycles. The Morgan fingerprint density at radius 2 is 1.69 bits per heavy atom. The fourth-order valence-corrected chi connectivity index (χ4v) is 5.96. The van der Waals surface area contributed by atoms with E-state index in [1.807, 2.05) is 18.2 Å². The Kier molecular flexibility index (Phi) is 6.88. The molecule has 0 saturated carbocycles. The molecular weight excluding hydrogens is 436 g/mol. The number of nitrogens with zero attached hydrogens (tertiary/aromatic N) is 3.